The van der Waals surface area contributed by atoms with Crippen molar-refractivity contribution >= 4 is 22.8 Å². The van der Waals surface area contributed by atoms with Crippen LogP contribution in [0.3, 0.4) is 0 Å². The third-order valence-electron chi connectivity index (χ3n) is 2.48. The Balaban J connectivity index is 2.66. The summed E-state index contributed by atoms with van der Waals surface area (Å²) in [6, 6.07) is 13.3. The number of hydrogen-bond donors (Lipinski definition) is 1. The van der Waals surface area contributed by atoms with E-state index in [9.17, 15) is 4.79 Å². The molecule has 0 aliphatic rings. The van der Waals surface area contributed by atoms with Crippen LogP contribution < -0.4 is 0 Å². The van der Waals surface area contributed by atoms with E-state index in [-0.39, 0.29) is 0 Å². The quantitative estimate of drug-likeness (QED) is 0.796. The average molecular weight is 223 g/mol. The number of hydrogen-bond acceptors (Lipinski definition) is 2. The molecule has 0 aromatic heterocycles. The van der Waals surface area contributed by atoms with Crippen LogP contribution in [-0.2, 0) is 4.79 Å². The van der Waals surface area contributed by atoms with E-state index in [0.29, 0.717) is 11.1 Å². The van der Waals surface area contributed by atoms with Gasteiger partial charge in [0.25, 0.3) is 0 Å². The fourth-order valence-corrected chi connectivity index (χ4v) is 1.71. The molecular formula is C14H9NO2. The molecule has 3 nitrogen and oxygen atoms in total. The number of carbonyl (C=O) groups is 1. The molecule has 0 heterocycles. The normalized spacial score (nSPS) is 10.5. The van der Waals surface area contributed by atoms with Gasteiger partial charge in [0.05, 0.1) is 5.56 Å². The van der Waals surface area contributed by atoms with Crippen LogP contribution in [0.4, 0.5) is 0 Å². The summed E-state index contributed by atoms with van der Waals surface area (Å²) in [4.78, 5) is 10.5. The molecule has 0 atom stereocenters. The first-order valence-corrected chi connectivity index (χ1v) is 5.05. The van der Waals surface area contributed by atoms with Crippen molar-refractivity contribution in [2.75, 3.05) is 0 Å². The predicted molar refractivity (Wildman–Crippen MR) is 65.3 cm³/mol. The average Bonchev–Trinajstić information content (AvgIpc) is 2.35. The topological polar surface area (TPSA) is 61.1 Å². The van der Waals surface area contributed by atoms with Crippen molar-refractivity contribution < 1.29 is 9.90 Å². The number of fused-ring (bicyclic) bond motifs is 1. The maximum Gasteiger partial charge on any atom is 0.328 e. The van der Waals surface area contributed by atoms with E-state index in [1.165, 1.54) is 6.08 Å². The molecule has 0 radical (unpaired) electrons. The number of nitrogens with zero attached hydrogens (tertiary/aromatic N) is 1. The number of rotatable bonds is 2. The van der Waals surface area contributed by atoms with Crippen LogP contribution in [0.5, 0.6) is 0 Å². The SMILES string of the molecule is N#Cc1c(C=CC(=O)O)ccc2ccccc12. The molecule has 2 aromatic rings. The van der Waals surface area contributed by atoms with Crippen LogP contribution in [0, 0.1) is 11.3 Å². The van der Waals surface area contributed by atoms with Crippen LogP contribution in [0.25, 0.3) is 16.8 Å². The van der Waals surface area contributed by atoms with E-state index in [4.69, 9.17) is 10.4 Å². The molecule has 0 spiro atoms. The highest BCUT2D eigenvalue weighted by molar-refractivity contribution is 5.93. The zero-order valence-electron chi connectivity index (χ0n) is 8.92. The summed E-state index contributed by atoms with van der Waals surface area (Å²) in [5.74, 6) is -1.03. The Labute approximate surface area is 98.2 Å². The summed E-state index contributed by atoms with van der Waals surface area (Å²) < 4.78 is 0. The first-order valence-electron chi connectivity index (χ1n) is 5.05. The molecule has 82 valence electrons. The summed E-state index contributed by atoms with van der Waals surface area (Å²) in [6.07, 6.45) is 2.47. The van der Waals surface area contributed by atoms with Crippen LogP contribution in [0.2, 0.25) is 0 Å². The van der Waals surface area contributed by atoms with Crippen molar-refractivity contribution in [1.82, 2.24) is 0 Å². The van der Waals surface area contributed by atoms with E-state index in [1.807, 2.05) is 30.3 Å². The lowest BCUT2D eigenvalue weighted by atomic mass is 9.99. The Morgan fingerprint density at radius 1 is 1.24 bits per heavy atom. The van der Waals surface area contributed by atoms with Crippen LogP contribution in [0.1, 0.15) is 11.1 Å². The van der Waals surface area contributed by atoms with Gasteiger partial charge in [-0.2, -0.15) is 5.26 Å². The summed E-state index contributed by atoms with van der Waals surface area (Å²) in [6.45, 7) is 0. The van der Waals surface area contributed by atoms with Gasteiger partial charge >= 0.3 is 5.97 Å². The number of benzene rings is 2. The van der Waals surface area contributed by atoms with Crippen molar-refractivity contribution in [1.29, 1.82) is 5.26 Å². The van der Waals surface area contributed by atoms with Gasteiger partial charge in [0.15, 0.2) is 0 Å². The molecule has 0 aliphatic heterocycles. The maximum absolute atomic E-state index is 10.5. The highest BCUT2D eigenvalue weighted by atomic mass is 16.4. The van der Waals surface area contributed by atoms with Crippen LogP contribution >= 0.6 is 0 Å². The molecule has 1 N–H and O–H groups in total. The van der Waals surface area contributed by atoms with Crippen molar-refractivity contribution in [2.24, 2.45) is 0 Å². The summed E-state index contributed by atoms with van der Waals surface area (Å²) >= 11 is 0. The molecule has 0 unspecified atom stereocenters. The molecule has 0 saturated carbocycles. The number of carboxylic acid groups (broad SMARTS) is 1. The molecule has 0 bridgehead atoms. The highest BCUT2D eigenvalue weighted by Gasteiger charge is 2.04. The van der Waals surface area contributed by atoms with Crippen LogP contribution in [-0.4, -0.2) is 11.1 Å². The van der Waals surface area contributed by atoms with Gasteiger partial charge in [0.1, 0.15) is 6.07 Å². The summed E-state index contributed by atoms with van der Waals surface area (Å²) in [5.41, 5.74) is 1.12. The van der Waals surface area contributed by atoms with Gasteiger partial charge in [-0.1, -0.05) is 36.4 Å². The fraction of sp³-hybridized carbons (Fsp3) is 0. The Hall–Kier alpha value is -2.60. The molecule has 0 aliphatic carbocycles. The number of nitriles is 1. The molecular weight excluding hydrogens is 214 g/mol. The molecule has 2 rings (SSSR count). The molecule has 17 heavy (non-hydrogen) atoms. The van der Waals surface area contributed by atoms with Gasteiger partial charge in [0, 0.05) is 11.5 Å². The van der Waals surface area contributed by atoms with Gasteiger partial charge in [-0.05, 0) is 17.0 Å². The standard InChI is InChI=1S/C14H9NO2/c15-9-13-11(7-8-14(16)17)6-5-10-3-1-2-4-12(10)13/h1-8H,(H,16,17). The number of carboxylic acids is 1. The third-order valence-corrected chi connectivity index (χ3v) is 2.48. The van der Waals surface area contributed by atoms with Gasteiger partial charge < -0.3 is 5.11 Å². The second kappa shape index (κ2) is 4.50. The molecule has 2 aromatic carbocycles. The minimum Gasteiger partial charge on any atom is -0.478 e. The third kappa shape index (κ3) is 2.16. The fourth-order valence-electron chi connectivity index (χ4n) is 1.71. The first kappa shape index (κ1) is 10.9. The zero-order valence-corrected chi connectivity index (χ0v) is 8.92. The van der Waals surface area contributed by atoms with Gasteiger partial charge in [-0.15, -0.1) is 0 Å². The second-order valence-corrected chi connectivity index (χ2v) is 3.53. The lowest BCUT2D eigenvalue weighted by Gasteiger charge is -2.03. The zero-order chi connectivity index (χ0) is 12.3. The lowest BCUT2D eigenvalue weighted by Crippen LogP contribution is -1.89. The predicted octanol–water partition coefficient (Wildman–Crippen LogP) is 2.81. The van der Waals surface area contributed by atoms with Crippen molar-refractivity contribution in [3.8, 4) is 6.07 Å². The monoisotopic (exact) mass is 223 g/mol. The van der Waals surface area contributed by atoms with Crippen molar-refractivity contribution in [3.05, 3.63) is 53.6 Å². The first-order chi connectivity index (χ1) is 8.22. The van der Waals surface area contributed by atoms with Gasteiger partial charge in [-0.25, -0.2) is 4.79 Å². The summed E-state index contributed by atoms with van der Waals surface area (Å²) in [7, 11) is 0. The van der Waals surface area contributed by atoms with Crippen molar-refractivity contribution in [3.63, 3.8) is 0 Å². The second-order valence-electron chi connectivity index (χ2n) is 3.53. The van der Waals surface area contributed by atoms with Gasteiger partial charge in [0.2, 0.25) is 0 Å². The molecule has 3 heteroatoms. The minimum absolute atomic E-state index is 0.501. The molecule has 0 saturated heterocycles. The summed E-state index contributed by atoms with van der Waals surface area (Å²) in [5, 5.41) is 19.5. The van der Waals surface area contributed by atoms with Gasteiger partial charge in [-0.3, -0.25) is 0 Å². The van der Waals surface area contributed by atoms with Crippen LogP contribution in [0.15, 0.2) is 42.5 Å². The largest absolute Gasteiger partial charge is 0.478 e. The Morgan fingerprint density at radius 3 is 2.71 bits per heavy atom. The Kier molecular flexibility index (Phi) is 2.89. The van der Waals surface area contributed by atoms with E-state index in [1.54, 1.807) is 6.07 Å². The van der Waals surface area contributed by atoms with Crippen molar-refractivity contribution in [2.45, 2.75) is 0 Å². The maximum atomic E-state index is 10.5. The van der Waals surface area contributed by atoms with E-state index in [0.717, 1.165) is 16.8 Å². The van der Waals surface area contributed by atoms with E-state index >= 15 is 0 Å². The van der Waals surface area contributed by atoms with E-state index < -0.39 is 5.97 Å². The lowest BCUT2D eigenvalue weighted by molar-refractivity contribution is -0.131. The van der Waals surface area contributed by atoms with E-state index in [2.05, 4.69) is 6.07 Å². The molecule has 0 amide bonds. The Morgan fingerprint density at radius 2 is 2.00 bits per heavy atom. The minimum atomic E-state index is -1.03. The number of aliphatic carboxylic acids is 1. The Bertz CT molecular complexity index is 651. The molecule has 0 fully saturated rings. The smallest absolute Gasteiger partial charge is 0.328 e. The highest BCUT2D eigenvalue weighted by Crippen LogP contribution is 2.22.